The minimum Gasteiger partial charge on any atom is -0.379 e. The molecule has 1 aliphatic rings. The van der Waals surface area contributed by atoms with Crippen LogP contribution in [0.1, 0.15) is 50.7 Å². The number of hydrogen-bond donors (Lipinski definition) is 2. The van der Waals surface area contributed by atoms with Crippen LogP contribution in [0.15, 0.2) is 29.3 Å². The summed E-state index contributed by atoms with van der Waals surface area (Å²) in [5.74, 6) is 0.924. The van der Waals surface area contributed by atoms with Crippen LogP contribution in [-0.2, 0) is 22.6 Å². The molecule has 0 heterocycles. The van der Waals surface area contributed by atoms with E-state index >= 15 is 0 Å². The zero-order valence-electron chi connectivity index (χ0n) is 16.1. The number of benzene rings is 1. The van der Waals surface area contributed by atoms with Crippen LogP contribution < -0.4 is 10.6 Å². The highest BCUT2D eigenvalue weighted by atomic mass is 127. The lowest BCUT2D eigenvalue weighted by Gasteiger charge is -2.16. The maximum Gasteiger partial charge on any atom is 0.191 e. The lowest BCUT2D eigenvalue weighted by atomic mass is 10.1. The average molecular weight is 475 g/mol. The topological polar surface area (TPSA) is 54.9 Å². The fourth-order valence-electron chi connectivity index (χ4n) is 3.02. The van der Waals surface area contributed by atoms with Crippen molar-refractivity contribution in [1.29, 1.82) is 0 Å². The van der Waals surface area contributed by atoms with E-state index in [-0.39, 0.29) is 24.0 Å². The minimum absolute atomic E-state index is 0. The summed E-state index contributed by atoms with van der Waals surface area (Å²) in [4.78, 5) is 4.74. The van der Waals surface area contributed by atoms with E-state index in [2.05, 4.69) is 41.8 Å². The van der Waals surface area contributed by atoms with E-state index < -0.39 is 0 Å². The third-order valence-electron chi connectivity index (χ3n) is 4.30. The first-order chi connectivity index (χ1) is 12.3. The van der Waals surface area contributed by atoms with Crippen LogP contribution >= 0.6 is 24.0 Å². The average Bonchev–Trinajstić information content (AvgIpc) is 3.13. The van der Waals surface area contributed by atoms with E-state index in [1.807, 2.05) is 6.92 Å². The summed E-state index contributed by atoms with van der Waals surface area (Å²) in [5.41, 5.74) is 2.38. The van der Waals surface area contributed by atoms with Crippen molar-refractivity contribution in [3.63, 3.8) is 0 Å². The zero-order valence-corrected chi connectivity index (χ0v) is 18.5. The number of halogens is 1. The van der Waals surface area contributed by atoms with Crippen molar-refractivity contribution < 1.29 is 9.47 Å². The van der Waals surface area contributed by atoms with Gasteiger partial charge in [0.2, 0.25) is 0 Å². The molecular formula is C20H34IN3O2. The van der Waals surface area contributed by atoms with Crippen molar-refractivity contribution in [2.75, 3.05) is 26.4 Å². The van der Waals surface area contributed by atoms with Crippen molar-refractivity contribution in [3.05, 3.63) is 35.4 Å². The number of nitrogens with one attached hydrogen (secondary N) is 2. The molecule has 0 spiro atoms. The van der Waals surface area contributed by atoms with Crippen molar-refractivity contribution >= 4 is 29.9 Å². The molecule has 1 saturated carbocycles. The summed E-state index contributed by atoms with van der Waals surface area (Å²) in [7, 11) is 0. The molecule has 0 aromatic heterocycles. The second-order valence-electron chi connectivity index (χ2n) is 6.39. The summed E-state index contributed by atoms with van der Waals surface area (Å²) in [6, 6.07) is 9.03. The predicted octanol–water partition coefficient (Wildman–Crippen LogP) is 3.86. The van der Waals surface area contributed by atoms with E-state index in [0.29, 0.717) is 32.4 Å². The van der Waals surface area contributed by atoms with E-state index in [9.17, 15) is 0 Å². The molecule has 0 radical (unpaired) electrons. The predicted molar refractivity (Wildman–Crippen MR) is 118 cm³/mol. The second-order valence-corrected chi connectivity index (χ2v) is 6.39. The molecule has 0 atom stereocenters. The molecule has 2 N–H and O–H groups in total. The van der Waals surface area contributed by atoms with Gasteiger partial charge in [-0.25, -0.2) is 4.99 Å². The molecule has 1 aromatic rings. The fraction of sp³-hybridized carbons (Fsp3) is 0.650. The van der Waals surface area contributed by atoms with Gasteiger partial charge in [0.1, 0.15) is 0 Å². The maximum atomic E-state index is 5.64. The Labute approximate surface area is 175 Å². The first-order valence-corrected chi connectivity index (χ1v) is 9.60. The van der Waals surface area contributed by atoms with Crippen molar-refractivity contribution in [1.82, 2.24) is 10.6 Å². The van der Waals surface area contributed by atoms with Crippen molar-refractivity contribution in [2.24, 2.45) is 4.99 Å². The molecule has 26 heavy (non-hydrogen) atoms. The minimum atomic E-state index is 0. The van der Waals surface area contributed by atoms with E-state index in [1.54, 1.807) is 0 Å². The highest BCUT2D eigenvalue weighted by Gasteiger charge is 2.15. The van der Waals surface area contributed by atoms with Crippen LogP contribution in [0.5, 0.6) is 0 Å². The van der Waals surface area contributed by atoms with Gasteiger partial charge in [-0.3, -0.25) is 0 Å². The molecule has 148 valence electrons. The molecule has 2 rings (SSSR count). The van der Waals surface area contributed by atoms with E-state index in [0.717, 1.165) is 19.1 Å². The molecular weight excluding hydrogens is 441 g/mol. The molecule has 0 bridgehead atoms. The van der Waals surface area contributed by atoms with Crippen molar-refractivity contribution in [3.8, 4) is 0 Å². The molecule has 1 fully saturated rings. The van der Waals surface area contributed by atoms with Gasteiger partial charge in [-0.05, 0) is 37.8 Å². The van der Waals surface area contributed by atoms with Crippen LogP contribution in [-0.4, -0.2) is 38.4 Å². The number of aliphatic imine (C=N–C) groups is 1. The van der Waals surface area contributed by atoms with Crippen molar-refractivity contribution in [2.45, 2.75) is 58.7 Å². The Morgan fingerprint density at radius 3 is 2.58 bits per heavy atom. The van der Waals surface area contributed by atoms with Crippen LogP contribution in [0.2, 0.25) is 0 Å². The summed E-state index contributed by atoms with van der Waals surface area (Å²) in [6.45, 7) is 8.29. The third-order valence-corrected chi connectivity index (χ3v) is 4.30. The Hall–Kier alpha value is -0.860. The summed E-state index contributed by atoms with van der Waals surface area (Å²) < 4.78 is 10.9. The normalized spacial score (nSPS) is 14.9. The molecule has 0 saturated heterocycles. The van der Waals surface area contributed by atoms with Gasteiger partial charge in [0, 0.05) is 19.2 Å². The van der Waals surface area contributed by atoms with Gasteiger partial charge in [0.05, 0.1) is 26.4 Å². The number of rotatable bonds is 10. The Kier molecular flexibility index (Phi) is 12.7. The molecule has 6 heteroatoms. The maximum absolute atomic E-state index is 5.64. The van der Waals surface area contributed by atoms with Gasteiger partial charge in [-0.15, -0.1) is 24.0 Å². The van der Waals surface area contributed by atoms with Gasteiger partial charge in [-0.2, -0.15) is 0 Å². The molecule has 0 aliphatic heterocycles. The van der Waals surface area contributed by atoms with Crippen LogP contribution in [0.3, 0.4) is 0 Å². The summed E-state index contributed by atoms with van der Waals surface area (Å²) in [5, 5.41) is 6.90. The first kappa shape index (κ1) is 23.2. The van der Waals surface area contributed by atoms with E-state index in [4.69, 9.17) is 14.5 Å². The second kappa shape index (κ2) is 14.2. The van der Waals surface area contributed by atoms with Gasteiger partial charge in [0.15, 0.2) is 5.96 Å². The lowest BCUT2D eigenvalue weighted by molar-refractivity contribution is 0.0453. The molecule has 5 nitrogen and oxygen atoms in total. The Morgan fingerprint density at radius 2 is 1.85 bits per heavy atom. The quantitative estimate of drug-likeness (QED) is 0.234. The van der Waals surface area contributed by atoms with Crippen LogP contribution in [0, 0.1) is 0 Å². The highest BCUT2D eigenvalue weighted by molar-refractivity contribution is 14.0. The molecule has 1 aliphatic carbocycles. The number of guanidine groups is 1. The van der Waals surface area contributed by atoms with Gasteiger partial charge < -0.3 is 20.1 Å². The van der Waals surface area contributed by atoms with E-state index in [1.165, 1.54) is 36.8 Å². The van der Waals surface area contributed by atoms with Crippen LogP contribution in [0.25, 0.3) is 0 Å². The van der Waals surface area contributed by atoms with Crippen LogP contribution in [0.4, 0.5) is 0 Å². The SMILES string of the molecule is CCNC(=NCc1cccc(COCCOCC)c1)NC1CCCC1.I. The Morgan fingerprint density at radius 1 is 1.12 bits per heavy atom. The Bertz CT molecular complexity index is 520. The standard InChI is InChI=1S/C20H33N3O2.HI/c1-3-21-20(23-19-10-5-6-11-19)22-15-17-8-7-9-18(14-17)16-25-13-12-24-4-2;/h7-9,14,19H,3-6,10-13,15-16H2,1-2H3,(H2,21,22,23);1H. The summed E-state index contributed by atoms with van der Waals surface area (Å²) in [6.07, 6.45) is 5.14. The number of nitrogens with zero attached hydrogens (tertiary/aromatic N) is 1. The van der Waals surface area contributed by atoms with Gasteiger partial charge in [-0.1, -0.05) is 37.1 Å². The number of ether oxygens (including phenoxy) is 2. The molecule has 1 aromatic carbocycles. The fourth-order valence-corrected chi connectivity index (χ4v) is 3.02. The number of hydrogen-bond acceptors (Lipinski definition) is 3. The zero-order chi connectivity index (χ0) is 17.7. The monoisotopic (exact) mass is 475 g/mol. The smallest absolute Gasteiger partial charge is 0.191 e. The summed E-state index contributed by atoms with van der Waals surface area (Å²) >= 11 is 0. The van der Waals surface area contributed by atoms with Gasteiger partial charge >= 0.3 is 0 Å². The largest absolute Gasteiger partial charge is 0.379 e. The molecule has 0 amide bonds. The lowest BCUT2D eigenvalue weighted by Crippen LogP contribution is -2.42. The third kappa shape index (κ3) is 9.19. The highest BCUT2D eigenvalue weighted by Crippen LogP contribution is 2.17. The first-order valence-electron chi connectivity index (χ1n) is 9.60. The molecule has 0 unspecified atom stereocenters. The Balaban J connectivity index is 0.00000338. The van der Waals surface area contributed by atoms with Gasteiger partial charge in [0.25, 0.3) is 0 Å².